The lowest BCUT2D eigenvalue weighted by molar-refractivity contribution is 0.463. The number of hydrogen-bond donors (Lipinski definition) is 0. The second-order valence-electron chi connectivity index (χ2n) is 3.42. The summed E-state index contributed by atoms with van der Waals surface area (Å²) in [5.74, 6) is 0. The smallest absolute Gasteiger partial charge is 0.0230 e. The van der Waals surface area contributed by atoms with Crippen molar-refractivity contribution in [1.29, 1.82) is 0 Å². The van der Waals surface area contributed by atoms with E-state index < -0.39 is 0 Å². The van der Waals surface area contributed by atoms with E-state index >= 15 is 0 Å². The van der Waals surface area contributed by atoms with Crippen molar-refractivity contribution in [3.63, 3.8) is 0 Å². The van der Waals surface area contributed by atoms with Crippen molar-refractivity contribution in [3.05, 3.63) is 42.0 Å². The van der Waals surface area contributed by atoms with E-state index in [9.17, 15) is 0 Å². The maximum absolute atomic E-state index is 2.18. The SMILES string of the molecule is CC=C(CN(C)C)c1ccccc1. The molecule has 0 unspecified atom stereocenters. The van der Waals surface area contributed by atoms with E-state index in [0.717, 1.165) is 6.54 Å². The van der Waals surface area contributed by atoms with Gasteiger partial charge in [0.2, 0.25) is 0 Å². The standard InChI is InChI=1S/C12H17N/c1-4-11(10-13(2)3)12-8-6-5-7-9-12/h4-9H,10H2,1-3H3. The van der Waals surface area contributed by atoms with Gasteiger partial charge in [-0.1, -0.05) is 36.4 Å². The van der Waals surface area contributed by atoms with Gasteiger partial charge in [0.1, 0.15) is 0 Å². The van der Waals surface area contributed by atoms with Gasteiger partial charge >= 0.3 is 0 Å². The highest BCUT2D eigenvalue weighted by molar-refractivity contribution is 5.66. The van der Waals surface area contributed by atoms with Crippen LogP contribution < -0.4 is 0 Å². The molecule has 0 amide bonds. The fourth-order valence-corrected chi connectivity index (χ4v) is 1.34. The van der Waals surface area contributed by atoms with Crippen molar-refractivity contribution in [2.24, 2.45) is 0 Å². The first-order valence-corrected chi connectivity index (χ1v) is 4.59. The third kappa shape index (κ3) is 3.03. The molecule has 1 nitrogen and oxygen atoms in total. The van der Waals surface area contributed by atoms with Gasteiger partial charge < -0.3 is 4.90 Å². The zero-order valence-electron chi connectivity index (χ0n) is 8.62. The summed E-state index contributed by atoms with van der Waals surface area (Å²) in [6, 6.07) is 10.5. The topological polar surface area (TPSA) is 3.24 Å². The van der Waals surface area contributed by atoms with Crippen LogP contribution in [-0.2, 0) is 0 Å². The van der Waals surface area contributed by atoms with Gasteiger partial charge in [-0.25, -0.2) is 0 Å². The summed E-state index contributed by atoms with van der Waals surface area (Å²) in [5.41, 5.74) is 2.70. The predicted molar refractivity (Wildman–Crippen MR) is 58.6 cm³/mol. The molecule has 0 N–H and O–H groups in total. The molecule has 1 rings (SSSR count). The molecular formula is C12H17N. The van der Waals surface area contributed by atoms with Gasteiger partial charge in [-0.15, -0.1) is 0 Å². The van der Waals surface area contributed by atoms with Crippen LogP contribution in [0.15, 0.2) is 36.4 Å². The lowest BCUT2D eigenvalue weighted by Crippen LogP contribution is -2.14. The molecule has 1 heteroatoms. The van der Waals surface area contributed by atoms with Crippen LogP contribution in [0.3, 0.4) is 0 Å². The fraction of sp³-hybridized carbons (Fsp3) is 0.333. The van der Waals surface area contributed by atoms with Crippen molar-refractivity contribution in [2.45, 2.75) is 6.92 Å². The van der Waals surface area contributed by atoms with Crippen molar-refractivity contribution < 1.29 is 0 Å². The number of benzene rings is 1. The molecule has 0 heterocycles. The van der Waals surface area contributed by atoms with E-state index in [1.54, 1.807) is 0 Å². The first-order valence-electron chi connectivity index (χ1n) is 4.59. The van der Waals surface area contributed by atoms with Gasteiger partial charge in [0.25, 0.3) is 0 Å². The Morgan fingerprint density at radius 2 is 1.85 bits per heavy atom. The van der Waals surface area contributed by atoms with Gasteiger partial charge in [0, 0.05) is 6.54 Å². The van der Waals surface area contributed by atoms with Crippen molar-refractivity contribution in [3.8, 4) is 0 Å². The van der Waals surface area contributed by atoms with Crippen LogP contribution in [0.1, 0.15) is 12.5 Å². The maximum atomic E-state index is 2.18. The molecule has 0 aliphatic heterocycles. The molecule has 0 aromatic heterocycles. The van der Waals surface area contributed by atoms with E-state index in [-0.39, 0.29) is 0 Å². The molecule has 0 radical (unpaired) electrons. The summed E-state index contributed by atoms with van der Waals surface area (Å²) in [5, 5.41) is 0. The second-order valence-corrected chi connectivity index (χ2v) is 3.42. The largest absolute Gasteiger partial charge is 0.305 e. The number of hydrogen-bond acceptors (Lipinski definition) is 1. The van der Waals surface area contributed by atoms with E-state index in [2.05, 4.69) is 56.3 Å². The molecule has 0 atom stereocenters. The summed E-state index contributed by atoms with van der Waals surface area (Å²) < 4.78 is 0. The van der Waals surface area contributed by atoms with Crippen LogP contribution >= 0.6 is 0 Å². The van der Waals surface area contributed by atoms with Crippen molar-refractivity contribution >= 4 is 5.57 Å². The summed E-state index contributed by atoms with van der Waals surface area (Å²) >= 11 is 0. The monoisotopic (exact) mass is 175 g/mol. The molecule has 0 aliphatic carbocycles. The Labute approximate surface area is 80.7 Å². The Morgan fingerprint density at radius 1 is 1.23 bits per heavy atom. The third-order valence-corrected chi connectivity index (χ3v) is 1.98. The van der Waals surface area contributed by atoms with Crippen LogP contribution in [0.4, 0.5) is 0 Å². The van der Waals surface area contributed by atoms with Gasteiger partial charge in [0.05, 0.1) is 0 Å². The average Bonchev–Trinajstić information content (AvgIpc) is 2.15. The van der Waals surface area contributed by atoms with Crippen LogP contribution in [0, 0.1) is 0 Å². The number of rotatable bonds is 3. The molecule has 0 spiro atoms. The van der Waals surface area contributed by atoms with Crippen LogP contribution in [0.2, 0.25) is 0 Å². The van der Waals surface area contributed by atoms with Crippen LogP contribution in [-0.4, -0.2) is 25.5 Å². The Bertz CT molecular complexity index is 272. The second kappa shape index (κ2) is 4.83. The molecule has 70 valence electrons. The van der Waals surface area contributed by atoms with E-state index in [1.807, 2.05) is 6.07 Å². The van der Waals surface area contributed by atoms with Gasteiger partial charge in [0.15, 0.2) is 0 Å². The van der Waals surface area contributed by atoms with Crippen molar-refractivity contribution in [1.82, 2.24) is 4.90 Å². The summed E-state index contributed by atoms with van der Waals surface area (Å²) in [7, 11) is 4.18. The minimum Gasteiger partial charge on any atom is -0.305 e. The molecule has 0 bridgehead atoms. The molecule has 0 saturated carbocycles. The highest BCUT2D eigenvalue weighted by atomic mass is 15.0. The minimum absolute atomic E-state index is 1.00. The minimum atomic E-state index is 1.00. The number of likely N-dealkylation sites (N-methyl/N-ethyl adjacent to an activating group) is 1. The Balaban J connectivity index is 2.80. The lowest BCUT2D eigenvalue weighted by Gasteiger charge is -2.13. The Morgan fingerprint density at radius 3 is 2.31 bits per heavy atom. The summed E-state index contributed by atoms with van der Waals surface area (Å²) in [4.78, 5) is 2.18. The number of allylic oxidation sites excluding steroid dienone is 1. The molecule has 1 aromatic rings. The quantitative estimate of drug-likeness (QED) is 0.682. The lowest BCUT2D eigenvalue weighted by atomic mass is 10.1. The first-order chi connectivity index (χ1) is 6.24. The van der Waals surface area contributed by atoms with E-state index in [4.69, 9.17) is 0 Å². The Hall–Kier alpha value is -1.08. The summed E-state index contributed by atoms with van der Waals surface area (Å²) in [6.45, 7) is 3.09. The van der Waals surface area contributed by atoms with E-state index in [0.29, 0.717) is 0 Å². The highest BCUT2D eigenvalue weighted by Gasteiger charge is 1.99. The van der Waals surface area contributed by atoms with Crippen molar-refractivity contribution in [2.75, 3.05) is 20.6 Å². The van der Waals surface area contributed by atoms with E-state index in [1.165, 1.54) is 11.1 Å². The first kappa shape index (κ1) is 10.0. The van der Waals surface area contributed by atoms with Gasteiger partial charge in [-0.3, -0.25) is 0 Å². The molecule has 13 heavy (non-hydrogen) atoms. The molecule has 1 aromatic carbocycles. The molecular weight excluding hydrogens is 158 g/mol. The zero-order chi connectivity index (χ0) is 9.68. The molecule has 0 aliphatic rings. The molecule has 0 saturated heterocycles. The zero-order valence-corrected chi connectivity index (χ0v) is 8.62. The Kier molecular flexibility index (Phi) is 3.71. The predicted octanol–water partition coefficient (Wildman–Crippen LogP) is 2.65. The van der Waals surface area contributed by atoms with Crippen LogP contribution in [0.5, 0.6) is 0 Å². The third-order valence-electron chi connectivity index (χ3n) is 1.98. The van der Waals surface area contributed by atoms with Gasteiger partial charge in [-0.2, -0.15) is 0 Å². The van der Waals surface area contributed by atoms with Crippen LogP contribution in [0.25, 0.3) is 5.57 Å². The maximum Gasteiger partial charge on any atom is 0.0230 e. The number of nitrogens with zero attached hydrogens (tertiary/aromatic N) is 1. The fourth-order valence-electron chi connectivity index (χ4n) is 1.34. The normalized spacial score (nSPS) is 12.2. The average molecular weight is 175 g/mol. The molecule has 0 fully saturated rings. The van der Waals surface area contributed by atoms with Gasteiger partial charge in [-0.05, 0) is 32.2 Å². The summed E-state index contributed by atoms with van der Waals surface area (Å²) in [6.07, 6.45) is 2.18. The highest BCUT2D eigenvalue weighted by Crippen LogP contribution is 2.13.